The van der Waals surface area contributed by atoms with Crippen LogP contribution >= 0.6 is 11.5 Å². The van der Waals surface area contributed by atoms with Crippen molar-refractivity contribution in [2.24, 2.45) is 0 Å². The maximum Gasteiger partial charge on any atom is 0.202 e. The molecule has 0 spiro atoms. The molecular formula is C8H13N3OS. The predicted octanol–water partition coefficient (Wildman–Crippen LogP) is 1.17. The molecule has 0 bridgehead atoms. The van der Waals surface area contributed by atoms with E-state index in [1.165, 1.54) is 11.5 Å². The molecule has 0 aliphatic heterocycles. The van der Waals surface area contributed by atoms with Crippen molar-refractivity contribution in [2.45, 2.75) is 38.3 Å². The first kappa shape index (κ1) is 8.90. The minimum Gasteiger partial charge on any atom is -0.391 e. The van der Waals surface area contributed by atoms with Crippen molar-refractivity contribution in [3.05, 3.63) is 5.82 Å². The van der Waals surface area contributed by atoms with Gasteiger partial charge in [-0.2, -0.15) is 4.37 Å². The fourth-order valence-electron chi connectivity index (χ4n) is 1.62. The standard InChI is InChI=1S/C8H13N3OS/c1-5-9-8(13-11-5)10-6-3-2-4-7(6)12/h6-7,12H,2-4H2,1H3,(H,9,10,11). The monoisotopic (exact) mass is 199 g/mol. The van der Waals surface area contributed by atoms with E-state index in [2.05, 4.69) is 14.7 Å². The molecule has 1 aliphatic rings. The van der Waals surface area contributed by atoms with Crippen LogP contribution in [0.4, 0.5) is 5.13 Å². The van der Waals surface area contributed by atoms with Crippen LogP contribution in [0.1, 0.15) is 25.1 Å². The molecule has 1 aliphatic carbocycles. The Bertz CT molecular complexity index is 289. The normalized spacial score (nSPS) is 27.8. The molecule has 2 rings (SSSR count). The number of aliphatic hydroxyl groups excluding tert-OH is 1. The second kappa shape index (κ2) is 3.59. The first-order chi connectivity index (χ1) is 6.25. The molecular weight excluding hydrogens is 186 g/mol. The van der Waals surface area contributed by atoms with Gasteiger partial charge in [-0.25, -0.2) is 4.98 Å². The van der Waals surface area contributed by atoms with E-state index in [9.17, 15) is 5.11 Å². The van der Waals surface area contributed by atoms with Crippen molar-refractivity contribution < 1.29 is 5.11 Å². The molecule has 4 nitrogen and oxygen atoms in total. The van der Waals surface area contributed by atoms with Gasteiger partial charge in [0.25, 0.3) is 0 Å². The molecule has 1 fully saturated rings. The second-order valence-corrected chi connectivity index (χ2v) is 4.15. The van der Waals surface area contributed by atoms with Crippen molar-refractivity contribution in [3.8, 4) is 0 Å². The van der Waals surface area contributed by atoms with E-state index < -0.39 is 0 Å². The molecule has 0 radical (unpaired) electrons. The van der Waals surface area contributed by atoms with E-state index >= 15 is 0 Å². The van der Waals surface area contributed by atoms with Gasteiger partial charge in [-0.1, -0.05) is 0 Å². The van der Waals surface area contributed by atoms with E-state index in [0.29, 0.717) is 0 Å². The molecule has 72 valence electrons. The van der Waals surface area contributed by atoms with E-state index in [4.69, 9.17) is 0 Å². The fraction of sp³-hybridized carbons (Fsp3) is 0.750. The maximum atomic E-state index is 9.55. The molecule has 1 heterocycles. The Hall–Kier alpha value is -0.680. The van der Waals surface area contributed by atoms with Gasteiger partial charge in [-0.05, 0) is 26.2 Å². The molecule has 2 N–H and O–H groups in total. The second-order valence-electron chi connectivity index (χ2n) is 3.40. The zero-order valence-corrected chi connectivity index (χ0v) is 8.34. The molecule has 1 aromatic rings. The van der Waals surface area contributed by atoms with Crippen molar-refractivity contribution in [3.63, 3.8) is 0 Å². The van der Waals surface area contributed by atoms with Crippen LogP contribution in [-0.4, -0.2) is 26.6 Å². The molecule has 0 saturated heterocycles. The summed E-state index contributed by atoms with van der Waals surface area (Å²) in [5.41, 5.74) is 0. The summed E-state index contributed by atoms with van der Waals surface area (Å²) in [4.78, 5) is 4.19. The Morgan fingerprint density at radius 1 is 1.54 bits per heavy atom. The zero-order chi connectivity index (χ0) is 9.26. The summed E-state index contributed by atoms with van der Waals surface area (Å²) < 4.78 is 4.07. The average molecular weight is 199 g/mol. The first-order valence-corrected chi connectivity index (χ1v) is 5.28. The van der Waals surface area contributed by atoms with Gasteiger partial charge in [0, 0.05) is 11.5 Å². The van der Waals surface area contributed by atoms with Crippen LogP contribution in [-0.2, 0) is 0 Å². The molecule has 5 heteroatoms. The molecule has 1 aromatic heterocycles. The lowest BCUT2D eigenvalue weighted by atomic mass is 10.2. The van der Waals surface area contributed by atoms with E-state index in [1.807, 2.05) is 6.92 Å². The number of aromatic nitrogens is 2. The van der Waals surface area contributed by atoms with E-state index in [1.54, 1.807) is 0 Å². The lowest BCUT2D eigenvalue weighted by molar-refractivity contribution is 0.172. The fourth-order valence-corrected chi connectivity index (χ4v) is 2.26. The van der Waals surface area contributed by atoms with E-state index in [-0.39, 0.29) is 12.1 Å². The third-order valence-electron chi connectivity index (χ3n) is 2.32. The quantitative estimate of drug-likeness (QED) is 0.750. The van der Waals surface area contributed by atoms with Crippen LogP contribution < -0.4 is 5.32 Å². The highest BCUT2D eigenvalue weighted by Gasteiger charge is 2.25. The number of nitrogens with zero attached hydrogens (tertiary/aromatic N) is 2. The third-order valence-corrected chi connectivity index (χ3v) is 3.05. The highest BCUT2D eigenvalue weighted by atomic mass is 32.1. The molecule has 2 atom stereocenters. The van der Waals surface area contributed by atoms with Crippen molar-refractivity contribution >= 4 is 16.7 Å². The van der Waals surface area contributed by atoms with Gasteiger partial charge in [0.1, 0.15) is 5.82 Å². The van der Waals surface area contributed by atoms with Crippen LogP contribution in [0, 0.1) is 6.92 Å². The number of aliphatic hydroxyl groups is 1. The SMILES string of the molecule is Cc1nsc(NC2CCCC2O)n1. The molecule has 1 saturated carbocycles. The highest BCUT2D eigenvalue weighted by Crippen LogP contribution is 2.23. The predicted molar refractivity (Wildman–Crippen MR) is 51.9 cm³/mol. The number of rotatable bonds is 2. The van der Waals surface area contributed by atoms with Gasteiger partial charge in [-0.3, -0.25) is 0 Å². The molecule has 0 aromatic carbocycles. The Labute approximate surface area is 81.2 Å². The Morgan fingerprint density at radius 2 is 2.38 bits per heavy atom. The van der Waals surface area contributed by atoms with Crippen LogP contribution in [0.25, 0.3) is 0 Å². The summed E-state index contributed by atoms with van der Waals surface area (Å²) in [6.45, 7) is 1.87. The Kier molecular flexibility index (Phi) is 2.46. The lowest BCUT2D eigenvalue weighted by Gasteiger charge is -2.14. The molecule has 13 heavy (non-hydrogen) atoms. The summed E-state index contributed by atoms with van der Waals surface area (Å²) in [6.07, 6.45) is 2.80. The highest BCUT2D eigenvalue weighted by molar-refractivity contribution is 7.09. The maximum absolute atomic E-state index is 9.55. The summed E-state index contributed by atoms with van der Waals surface area (Å²) in [6, 6.07) is 0.173. The van der Waals surface area contributed by atoms with Crippen molar-refractivity contribution in [1.29, 1.82) is 0 Å². The van der Waals surface area contributed by atoms with Crippen LogP contribution in [0.15, 0.2) is 0 Å². The Morgan fingerprint density at radius 3 is 2.92 bits per heavy atom. The van der Waals surface area contributed by atoms with Crippen LogP contribution in [0.2, 0.25) is 0 Å². The minimum atomic E-state index is -0.218. The average Bonchev–Trinajstić information content (AvgIpc) is 2.64. The Balaban J connectivity index is 1.97. The molecule has 2 unspecified atom stereocenters. The largest absolute Gasteiger partial charge is 0.391 e. The van der Waals surface area contributed by atoms with Crippen LogP contribution in [0.3, 0.4) is 0 Å². The van der Waals surface area contributed by atoms with Gasteiger partial charge in [0.05, 0.1) is 12.1 Å². The summed E-state index contributed by atoms with van der Waals surface area (Å²) in [5.74, 6) is 0.792. The van der Waals surface area contributed by atoms with E-state index in [0.717, 1.165) is 30.2 Å². The van der Waals surface area contributed by atoms with Gasteiger partial charge < -0.3 is 10.4 Å². The summed E-state index contributed by atoms with van der Waals surface area (Å²) in [5, 5.41) is 13.6. The number of anilines is 1. The number of nitrogens with one attached hydrogen (secondary N) is 1. The summed E-state index contributed by atoms with van der Waals surface area (Å²) >= 11 is 1.36. The third kappa shape index (κ3) is 1.97. The van der Waals surface area contributed by atoms with Gasteiger partial charge in [0.15, 0.2) is 0 Å². The van der Waals surface area contributed by atoms with Crippen molar-refractivity contribution in [1.82, 2.24) is 9.36 Å². The van der Waals surface area contributed by atoms with Gasteiger partial charge in [-0.15, -0.1) is 0 Å². The lowest BCUT2D eigenvalue weighted by Crippen LogP contribution is -2.27. The van der Waals surface area contributed by atoms with Gasteiger partial charge >= 0.3 is 0 Å². The minimum absolute atomic E-state index is 0.173. The van der Waals surface area contributed by atoms with Gasteiger partial charge in [0.2, 0.25) is 5.13 Å². The number of aryl methyl sites for hydroxylation is 1. The zero-order valence-electron chi connectivity index (χ0n) is 7.53. The van der Waals surface area contributed by atoms with Crippen molar-refractivity contribution in [2.75, 3.05) is 5.32 Å². The van der Waals surface area contributed by atoms with Crippen LogP contribution in [0.5, 0.6) is 0 Å². The smallest absolute Gasteiger partial charge is 0.202 e. The number of hydrogen-bond acceptors (Lipinski definition) is 5. The molecule has 0 amide bonds. The topological polar surface area (TPSA) is 58.0 Å². The first-order valence-electron chi connectivity index (χ1n) is 4.50. The number of hydrogen-bond donors (Lipinski definition) is 2. The summed E-state index contributed by atoms with van der Waals surface area (Å²) in [7, 11) is 0.